The second kappa shape index (κ2) is 7.22. The smallest absolute Gasteiger partial charge is 0.320 e. The molecule has 1 fully saturated rings. The predicted octanol–water partition coefficient (Wildman–Crippen LogP) is 3.61. The number of carbonyl (C=O) groups excluding carboxylic acids is 1. The van der Waals surface area contributed by atoms with Crippen molar-refractivity contribution in [1.82, 2.24) is 25.7 Å². The molecule has 1 aliphatic carbocycles. The fourth-order valence-electron chi connectivity index (χ4n) is 3.54. The Morgan fingerprint density at radius 1 is 1.30 bits per heavy atom. The molecular weight excluding hydrogens is 344 g/mol. The molecule has 3 N–H and O–H groups in total. The Hall–Kier alpha value is -3.16. The van der Waals surface area contributed by atoms with Crippen molar-refractivity contribution in [3.63, 3.8) is 0 Å². The van der Waals surface area contributed by atoms with Crippen molar-refractivity contribution >= 4 is 11.7 Å². The number of amides is 2. The first-order valence-corrected chi connectivity index (χ1v) is 9.20. The molecular formula is C19H22N6O2. The molecule has 0 bridgehead atoms. The standard InChI is InChI=1S/C19H22N6O2/c1-2-16-22-17(25-27-16)19(9-3-4-10-19)23-18(26)21-14-7-5-6-13(12-14)15-8-11-20-24-15/h5-8,11-12H,2-4,9-10H2,1H3,(H,20,24)(H2,21,23,26). The van der Waals surface area contributed by atoms with Gasteiger partial charge in [0.1, 0.15) is 5.54 Å². The summed E-state index contributed by atoms with van der Waals surface area (Å²) in [7, 11) is 0. The highest BCUT2D eigenvalue weighted by Gasteiger charge is 2.41. The zero-order chi connectivity index (χ0) is 18.7. The van der Waals surface area contributed by atoms with Crippen LogP contribution >= 0.6 is 0 Å². The maximum atomic E-state index is 12.7. The molecule has 140 valence electrons. The molecule has 1 saturated carbocycles. The lowest BCUT2D eigenvalue weighted by Gasteiger charge is -2.26. The zero-order valence-electron chi connectivity index (χ0n) is 15.2. The van der Waals surface area contributed by atoms with Crippen LogP contribution in [-0.2, 0) is 12.0 Å². The second-order valence-corrected chi connectivity index (χ2v) is 6.78. The number of urea groups is 1. The van der Waals surface area contributed by atoms with Crippen LogP contribution in [-0.4, -0.2) is 26.4 Å². The Morgan fingerprint density at radius 2 is 2.15 bits per heavy atom. The van der Waals surface area contributed by atoms with Crippen LogP contribution in [0.1, 0.15) is 44.3 Å². The number of rotatable bonds is 5. The quantitative estimate of drug-likeness (QED) is 0.639. The van der Waals surface area contributed by atoms with Gasteiger partial charge in [0.15, 0.2) is 5.82 Å². The highest BCUT2D eigenvalue weighted by atomic mass is 16.5. The van der Waals surface area contributed by atoms with Crippen LogP contribution in [0.4, 0.5) is 10.5 Å². The van der Waals surface area contributed by atoms with Crippen molar-refractivity contribution in [3.05, 3.63) is 48.2 Å². The summed E-state index contributed by atoms with van der Waals surface area (Å²) in [5, 5.41) is 17.0. The van der Waals surface area contributed by atoms with Gasteiger partial charge in [0.2, 0.25) is 5.89 Å². The van der Waals surface area contributed by atoms with E-state index in [1.165, 1.54) is 0 Å². The third kappa shape index (κ3) is 3.55. The minimum atomic E-state index is -0.567. The monoisotopic (exact) mass is 366 g/mol. The summed E-state index contributed by atoms with van der Waals surface area (Å²) in [5.74, 6) is 1.16. The number of hydrogen-bond acceptors (Lipinski definition) is 5. The molecule has 0 aliphatic heterocycles. The number of anilines is 1. The Bertz CT molecular complexity index is 912. The Morgan fingerprint density at radius 3 is 2.85 bits per heavy atom. The first kappa shape index (κ1) is 17.3. The van der Waals surface area contributed by atoms with Crippen LogP contribution < -0.4 is 10.6 Å². The van der Waals surface area contributed by atoms with Gasteiger partial charge < -0.3 is 15.2 Å². The van der Waals surface area contributed by atoms with E-state index >= 15 is 0 Å². The van der Waals surface area contributed by atoms with Crippen LogP contribution in [0, 0.1) is 0 Å². The summed E-state index contributed by atoms with van der Waals surface area (Å²) in [5.41, 5.74) is 1.98. The van der Waals surface area contributed by atoms with Gasteiger partial charge in [-0.2, -0.15) is 10.1 Å². The average molecular weight is 366 g/mol. The van der Waals surface area contributed by atoms with E-state index < -0.39 is 5.54 Å². The minimum absolute atomic E-state index is 0.276. The highest BCUT2D eigenvalue weighted by molar-refractivity contribution is 5.90. The molecule has 2 aromatic heterocycles. The van der Waals surface area contributed by atoms with Crippen molar-refractivity contribution in [2.24, 2.45) is 0 Å². The molecule has 0 radical (unpaired) electrons. The number of hydrogen-bond donors (Lipinski definition) is 3. The maximum Gasteiger partial charge on any atom is 0.320 e. The third-order valence-corrected chi connectivity index (χ3v) is 4.94. The van der Waals surface area contributed by atoms with Crippen molar-refractivity contribution in [1.29, 1.82) is 0 Å². The van der Waals surface area contributed by atoms with E-state index in [1.54, 1.807) is 6.20 Å². The van der Waals surface area contributed by atoms with Gasteiger partial charge in [-0.1, -0.05) is 37.1 Å². The number of benzene rings is 1. The first-order chi connectivity index (χ1) is 13.2. The molecule has 8 nitrogen and oxygen atoms in total. The summed E-state index contributed by atoms with van der Waals surface area (Å²) in [4.78, 5) is 17.2. The molecule has 0 spiro atoms. The summed E-state index contributed by atoms with van der Waals surface area (Å²) in [6.45, 7) is 1.96. The number of aryl methyl sites for hydroxylation is 1. The van der Waals surface area contributed by atoms with Crippen LogP contribution in [0.15, 0.2) is 41.1 Å². The van der Waals surface area contributed by atoms with Gasteiger partial charge >= 0.3 is 6.03 Å². The molecule has 0 unspecified atom stereocenters. The van der Waals surface area contributed by atoms with Crippen LogP contribution in [0.2, 0.25) is 0 Å². The Labute approximate surface area is 156 Å². The molecule has 27 heavy (non-hydrogen) atoms. The second-order valence-electron chi connectivity index (χ2n) is 6.78. The Kier molecular flexibility index (Phi) is 4.62. The van der Waals surface area contributed by atoms with E-state index in [2.05, 4.69) is 31.0 Å². The maximum absolute atomic E-state index is 12.7. The summed E-state index contributed by atoms with van der Waals surface area (Å²) < 4.78 is 5.27. The summed E-state index contributed by atoms with van der Waals surface area (Å²) >= 11 is 0. The number of aromatic amines is 1. The number of H-pyrrole nitrogens is 1. The lowest BCUT2D eigenvalue weighted by Crippen LogP contribution is -2.46. The molecule has 4 rings (SSSR count). The molecule has 1 aromatic carbocycles. The number of nitrogens with zero attached hydrogens (tertiary/aromatic N) is 3. The van der Waals surface area contributed by atoms with Gasteiger partial charge in [0, 0.05) is 23.9 Å². The van der Waals surface area contributed by atoms with E-state index in [0.717, 1.165) is 36.9 Å². The molecule has 8 heteroatoms. The van der Waals surface area contributed by atoms with E-state index in [0.29, 0.717) is 23.8 Å². The van der Waals surface area contributed by atoms with Crippen molar-refractivity contribution < 1.29 is 9.32 Å². The molecule has 0 atom stereocenters. The number of nitrogens with one attached hydrogen (secondary N) is 3. The van der Waals surface area contributed by atoms with Crippen molar-refractivity contribution in [3.8, 4) is 11.3 Å². The van der Waals surface area contributed by atoms with Crippen LogP contribution in [0.25, 0.3) is 11.3 Å². The van der Waals surface area contributed by atoms with E-state index in [4.69, 9.17) is 4.52 Å². The minimum Gasteiger partial charge on any atom is -0.339 e. The molecule has 2 amide bonds. The molecule has 2 heterocycles. The van der Waals surface area contributed by atoms with Gasteiger partial charge in [-0.3, -0.25) is 5.10 Å². The van der Waals surface area contributed by atoms with Crippen LogP contribution in [0.5, 0.6) is 0 Å². The van der Waals surface area contributed by atoms with Gasteiger partial charge in [-0.15, -0.1) is 0 Å². The van der Waals surface area contributed by atoms with Gasteiger partial charge in [-0.25, -0.2) is 4.79 Å². The van der Waals surface area contributed by atoms with E-state index in [1.807, 2.05) is 37.3 Å². The lowest BCUT2D eigenvalue weighted by atomic mass is 9.97. The van der Waals surface area contributed by atoms with Crippen LogP contribution in [0.3, 0.4) is 0 Å². The first-order valence-electron chi connectivity index (χ1n) is 9.20. The number of aromatic nitrogens is 4. The topological polar surface area (TPSA) is 109 Å². The SMILES string of the molecule is CCc1nc(C2(NC(=O)Nc3cccc(-c4ccn[nH]4)c3)CCCC2)no1. The molecule has 0 saturated heterocycles. The number of carbonyl (C=O) groups is 1. The molecule has 1 aliphatic rings. The fraction of sp³-hybridized carbons (Fsp3) is 0.368. The molecule has 3 aromatic rings. The zero-order valence-corrected chi connectivity index (χ0v) is 15.2. The summed E-state index contributed by atoms with van der Waals surface area (Å²) in [6, 6.07) is 9.21. The highest BCUT2D eigenvalue weighted by Crippen LogP contribution is 2.37. The summed E-state index contributed by atoms with van der Waals surface area (Å²) in [6.07, 6.45) is 6.02. The largest absolute Gasteiger partial charge is 0.339 e. The van der Waals surface area contributed by atoms with Gasteiger partial charge in [0.05, 0.1) is 5.69 Å². The third-order valence-electron chi connectivity index (χ3n) is 4.94. The van der Waals surface area contributed by atoms with Crippen molar-refractivity contribution in [2.75, 3.05) is 5.32 Å². The fourth-order valence-corrected chi connectivity index (χ4v) is 3.54. The predicted molar refractivity (Wildman–Crippen MR) is 100 cm³/mol. The van der Waals surface area contributed by atoms with Gasteiger partial charge in [-0.05, 0) is 31.0 Å². The normalized spacial score (nSPS) is 15.6. The van der Waals surface area contributed by atoms with Gasteiger partial charge in [0.25, 0.3) is 0 Å². The van der Waals surface area contributed by atoms with E-state index in [9.17, 15) is 4.79 Å². The van der Waals surface area contributed by atoms with E-state index in [-0.39, 0.29) is 6.03 Å². The Balaban J connectivity index is 1.50. The van der Waals surface area contributed by atoms with Crippen molar-refractivity contribution in [2.45, 2.75) is 44.6 Å². The average Bonchev–Trinajstić information content (AvgIpc) is 3.43. The lowest BCUT2D eigenvalue weighted by molar-refractivity contribution is 0.232.